The maximum absolute atomic E-state index is 10.7. The molecule has 1 aromatic rings. The number of aromatic carboxylic acids is 1. The molecule has 1 aromatic carbocycles. The third kappa shape index (κ3) is 1.87. The number of hydrogen-bond acceptors (Lipinski definition) is 4. The van der Waals surface area contributed by atoms with E-state index in [4.69, 9.17) is 20.4 Å². The Balaban J connectivity index is 3.53. The maximum Gasteiger partial charge on any atom is 0.335 e. The summed E-state index contributed by atoms with van der Waals surface area (Å²) in [5.74, 6) is -1.09. The highest BCUT2D eigenvalue weighted by molar-refractivity contribution is 5.89. The number of hydrogen-bond donors (Lipinski definition) is 1. The van der Waals surface area contributed by atoms with Gasteiger partial charge in [-0.3, -0.25) is 0 Å². The van der Waals surface area contributed by atoms with Crippen LogP contribution in [0.4, 0.5) is 0 Å². The van der Waals surface area contributed by atoms with Gasteiger partial charge in [0, 0.05) is 0 Å². The number of carboxylic acids is 1. The first-order chi connectivity index (χ1) is 7.13. The van der Waals surface area contributed by atoms with Crippen LogP contribution in [0, 0.1) is 22.7 Å². The second-order valence-electron chi connectivity index (χ2n) is 2.63. The van der Waals surface area contributed by atoms with Gasteiger partial charge in [0.25, 0.3) is 0 Å². The zero-order chi connectivity index (χ0) is 11.4. The fourth-order valence-electron chi connectivity index (χ4n) is 1.14. The molecule has 0 aromatic heterocycles. The van der Waals surface area contributed by atoms with Gasteiger partial charge in [0.15, 0.2) is 5.75 Å². The predicted octanol–water partition coefficient (Wildman–Crippen LogP) is 1.14. The molecule has 0 bridgehead atoms. The Labute approximate surface area is 85.7 Å². The van der Waals surface area contributed by atoms with Gasteiger partial charge in [0.1, 0.15) is 12.1 Å². The molecule has 0 saturated carbocycles. The van der Waals surface area contributed by atoms with Crippen LogP contribution >= 0.6 is 0 Å². The lowest BCUT2D eigenvalue weighted by molar-refractivity contribution is 0.0697. The molecule has 0 aliphatic rings. The van der Waals surface area contributed by atoms with Crippen molar-refractivity contribution in [1.82, 2.24) is 0 Å². The Kier molecular flexibility index (Phi) is 2.90. The first-order valence-corrected chi connectivity index (χ1v) is 3.89. The van der Waals surface area contributed by atoms with Crippen LogP contribution in [0.25, 0.3) is 0 Å². The van der Waals surface area contributed by atoms with Crippen LogP contribution in [-0.4, -0.2) is 18.2 Å². The van der Waals surface area contributed by atoms with Crippen molar-refractivity contribution in [3.8, 4) is 17.9 Å². The molecule has 0 heterocycles. The second-order valence-corrected chi connectivity index (χ2v) is 2.63. The Morgan fingerprint density at radius 1 is 1.33 bits per heavy atom. The van der Waals surface area contributed by atoms with Gasteiger partial charge in [-0.15, -0.1) is 0 Å². The highest BCUT2D eigenvalue weighted by Gasteiger charge is 2.14. The number of carbonyl (C=O) groups is 1. The molecular weight excluding hydrogens is 196 g/mol. The van der Waals surface area contributed by atoms with Crippen LogP contribution in [0.2, 0.25) is 0 Å². The van der Waals surface area contributed by atoms with E-state index in [2.05, 4.69) is 0 Å². The van der Waals surface area contributed by atoms with Crippen LogP contribution in [0.3, 0.4) is 0 Å². The number of nitrogens with zero attached hydrogens (tertiary/aromatic N) is 2. The summed E-state index contributed by atoms with van der Waals surface area (Å²) in [5.41, 5.74) is -0.0354. The normalized spacial score (nSPS) is 8.73. The minimum Gasteiger partial charge on any atom is -0.494 e. The lowest BCUT2D eigenvalue weighted by Crippen LogP contribution is -2.00. The van der Waals surface area contributed by atoms with Gasteiger partial charge in [-0.2, -0.15) is 10.5 Å². The average Bonchev–Trinajstić information content (AvgIpc) is 2.26. The van der Waals surface area contributed by atoms with E-state index in [-0.39, 0.29) is 22.4 Å². The topological polar surface area (TPSA) is 94.1 Å². The Hall–Kier alpha value is -2.53. The van der Waals surface area contributed by atoms with Crippen molar-refractivity contribution in [3.63, 3.8) is 0 Å². The number of rotatable bonds is 2. The van der Waals surface area contributed by atoms with E-state index in [0.717, 1.165) is 0 Å². The van der Waals surface area contributed by atoms with Crippen LogP contribution in [-0.2, 0) is 0 Å². The van der Waals surface area contributed by atoms with Crippen molar-refractivity contribution in [1.29, 1.82) is 10.5 Å². The molecule has 1 N–H and O–H groups in total. The van der Waals surface area contributed by atoms with E-state index in [1.54, 1.807) is 12.1 Å². The van der Waals surface area contributed by atoms with E-state index in [1.165, 1.54) is 19.2 Å². The average molecular weight is 202 g/mol. The molecule has 0 radical (unpaired) electrons. The lowest BCUT2D eigenvalue weighted by Gasteiger charge is -2.05. The van der Waals surface area contributed by atoms with Gasteiger partial charge in [-0.1, -0.05) is 0 Å². The van der Waals surface area contributed by atoms with Crippen molar-refractivity contribution < 1.29 is 14.6 Å². The minimum absolute atomic E-state index is 0.0361. The molecule has 0 aliphatic heterocycles. The van der Waals surface area contributed by atoms with Crippen molar-refractivity contribution >= 4 is 5.97 Å². The molecule has 5 nitrogen and oxygen atoms in total. The van der Waals surface area contributed by atoms with Crippen molar-refractivity contribution in [2.24, 2.45) is 0 Å². The lowest BCUT2D eigenvalue weighted by atomic mass is 10.1. The zero-order valence-corrected chi connectivity index (χ0v) is 7.81. The molecule has 0 fully saturated rings. The molecule has 0 atom stereocenters. The molecule has 15 heavy (non-hydrogen) atoms. The summed E-state index contributed by atoms with van der Waals surface area (Å²) in [4.78, 5) is 10.7. The number of carboxylic acid groups (broad SMARTS) is 1. The maximum atomic E-state index is 10.7. The highest BCUT2D eigenvalue weighted by Crippen LogP contribution is 2.24. The first-order valence-electron chi connectivity index (χ1n) is 3.89. The Morgan fingerprint density at radius 2 is 1.80 bits per heavy atom. The molecule has 0 aliphatic carbocycles. The van der Waals surface area contributed by atoms with Crippen LogP contribution in [0.5, 0.6) is 5.75 Å². The van der Waals surface area contributed by atoms with E-state index in [0.29, 0.717) is 0 Å². The van der Waals surface area contributed by atoms with Gasteiger partial charge in [0.05, 0.1) is 23.8 Å². The summed E-state index contributed by atoms with van der Waals surface area (Å²) in [6, 6.07) is 5.89. The van der Waals surface area contributed by atoms with Gasteiger partial charge in [-0.25, -0.2) is 4.79 Å². The molecule has 1 rings (SSSR count). The smallest absolute Gasteiger partial charge is 0.335 e. The Morgan fingerprint density at radius 3 is 2.07 bits per heavy atom. The molecular formula is C10H6N2O3. The SMILES string of the molecule is COc1c(C#N)cc(C(=O)O)cc1C#N. The molecule has 0 unspecified atom stereocenters. The number of methoxy groups -OCH3 is 1. The standard InChI is InChI=1S/C10H6N2O3/c1-15-9-7(4-11)2-6(10(13)14)3-8(9)5-12/h2-3H,1H3,(H,13,14). The summed E-state index contributed by atoms with van der Waals surface area (Å²) in [6.45, 7) is 0. The van der Waals surface area contributed by atoms with Gasteiger partial charge in [-0.05, 0) is 12.1 Å². The minimum atomic E-state index is -1.19. The number of ether oxygens (including phenoxy) is 1. The summed E-state index contributed by atoms with van der Waals surface area (Å²) in [5, 5.41) is 26.2. The zero-order valence-electron chi connectivity index (χ0n) is 7.81. The monoisotopic (exact) mass is 202 g/mol. The van der Waals surface area contributed by atoms with Crippen LogP contribution in [0.15, 0.2) is 12.1 Å². The second kappa shape index (κ2) is 4.12. The fourth-order valence-corrected chi connectivity index (χ4v) is 1.14. The quantitative estimate of drug-likeness (QED) is 0.775. The molecule has 74 valence electrons. The van der Waals surface area contributed by atoms with E-state index >= 15 is 0 Å². The number of nitriles is 2. The van der Waals surface area contributed by atoms with Crippen LogP contribution in [0.1, 0.15) is 21.5 Å². The van der Waals surface area contributed by atoms with Crippen molar-refractivity contribution in [2.75, 3.05) is 7.11 Å². The Bertz CT molecular complexity index is 459. The summed E-state index contributed by atoms with van der Waals surface area (Å²) in [7, 11) is 1.32. The van der Waals surface area contributed by atoms with E-state index in [1.807, 2.05) is 0 Å². The molecule has 0 amide bonds. The largest absolute Gasteiger partial charge is 0.494 e. The summed E-state index contributed by atoms with van der Waals surface area (Å²) in [6.07, 6.45) is 0. The number of benzene rings is 1. The molecule has 0 spiro atoms. The van der Waals surface area contributed by atoms with E-state index < -0.39 is 5.97 Å². The first kappa shape index (κ1) is 10.6. The third-order valence-corrected chi connectivity index (χ3v) is 1.78. The third-order valence-electron chi connectivity index (χ3n) is 1.78. The van der Waals surface area contributed by atoms with Crippen molar-refractivity contribution in [3.05, 3.63) is 28.8 Å². The van der Waals surface area contributed by atoms with E-state index in [9.17, 15) is 4.79 Å². The van der Waals surface area contributed by atoms with Gasteiger partial charge >= 0.3 is 5.97 Å². The highest BCUT2D eigenvalue weighted by atomic mass is 16.5. The predicted molar refractivity (Wildman–Crippen MR) is 49.4 cm³/mol. The summed E-state index contributed by atoms with van der Waals surface area (Å²) < 4.78 is 4.86. The fraction of sp³-hybridized carbons (Fsp3) is 0.100. The molecule has 5 heteroatoms. The summed E-state index contributed by atoms with van der Waals surface area (Å²) >= 11 is 0. The van der Waals surface area contributed by atoms with Crippen LogP contribution < -0.4 is 4.74 Å². The van der Waals surface area contributed by atoms with Gasteiger partial charge in [0.2, 0.25) is 0 Å². The van der Waals surface area contributed by atoms with Gasteiger partial charge < -0.3 is 9.84 Å². The molecule has 0 saturated heterocycles. The van der Waals surface area contributed by atoms with Crippen molar-refractivity contribution in [2.45, 2.75) is 0 Å².